The van der Waals surface area contributed by atoms with Crippen molar-refractivity contribution < 1.29 is 26.9 Å². The molecule has 4 aromatic rings. The predicted octanol–water partition coefficient (Wildman–Crippen LogP) is 5.08. The largest absolute Gasteiger partial charge is 0.401 e. The number of nitrogens with zero attached hydrogens (tertiary/aromatic N) is 5. The quantitative estimate of drug-likeness (QED) is 0.233. The molecule has 1 amide bonds. The maximum Gasteiger partial charge on any atom is 0.401 e. The summed E-state index contributed by atoms with van der Waals surface area (Å²) in [4.78, 5) is 21.2. The van der Waals surface area contributed by atoms with E-state index < -0.39 is 23.3 Å². The molecule has 1 aliphatic carbocycles. The zero-order chi connectivity index (χ0) is 29.5. The lowest BCUT2D eigenvalue weighted by Crippen LogP contribution is -2.28. The Bertz CT molecular complexity index is 1590. The molecule has 3 N–H and O–H groups in total. The normalized spacial score (nSPS) is 17.8. The molecule has 0 radical (unpaired) electrons. The zero-order valence-corrected chi connectivity index (χ0v) is 22.6. The van der Waals surface area contributed by atoms with Crippen LogP contribution < -0.4 is 16.0 Å². The average molecular weight is 585 g/mol. The number of anilines is 3. The number of carbonyl (C=O) groups excluding carboxylic acids is 1. The molecular formula is C28H28F4N8O2. The number of nitrogens with one attached hydrogen (secondary N) is 3. The van der Waals surface area contributed by atoms with E-state index in [1.165, 1.54) is 12.1 Å². The first-order valence-corrected chi connectivity index (χ1v) is 13.7. The fourth-order valence-electron chi connectivity index (χ4n) is 5.09. The van der Waals surface area contributed by atoms with Gasteiger partial charge in [-0.1, -0.05) is 24.2 Å². The van der Waals surface area contributed by atoms with Gasteiger partial charge in [0.2, 0.25) is 11.9 Å². The number of alkyl halides is 3. The standard InChI is InChI=1S/C28H28F4N8O2/c1-2-21-22(15-40(38-21)19-5-8-33-14-19)36-26-34-12-18(13-35-26)16-3-4-17(20(29)9-16)10-25(41)37-24-11-23(42-39-24)27(6-7-27)28(30,31)32/h3-4,9,11-13,15,19,33H,2,5-8,10,14H2,1H3,(H,34,35,36)(H,37,39,41). The van der Waals surface area contributed by atoms with Gasteiger partial charge in [-0.2, -0.15) is 18.3 Å². The van der Waals surface area contributed by atoms with Crippen LogP contribution in [0.4, 0.5) is 35.0 Å². The minimum absolute atomic E-state index is 0.0924. The van der Waals surface area contributed by atoms with Gasteiger partial charge in [-0.25, -0.2) is 14.4 Å². The summed E-state index contributed by atoms with van der Waals surface area (Å²) >= 11 is 0. The van der Waals surface area contributed by atoms with Gasteiger partial charge in [0, 0.05) is 36.8 Å². The molecule has 1 unspecified atom stereocenters. The van der Waals surface area contributed by atoms with Crippen molar-refractivity contribution in [1.82, 2.24) is 30.2 Å². The monoisotopic (exact) mass is 584 g/mol. The smallest absolute Gasteiger partial charge is 0.358 e. The molecule has 1 saturated heterocycles. The van der Waals surface area contributed by atoms with E-state index in [9.17, 15) is 22.4 Å². The van der Waals surface area contributed by atoms with Crippen molar-refractivity contribution in [3.63, 3.8) is 0 Å². The van der Waals surface area contributed by atoms with Crippen molar-refractivity contribution in [2.75, 3.05) is 23.7 Å². The maximum absolute atomic E-state index is 14.9. The Labute approximate surface area is 237 Å². The third kappa shape index (κ3) is 5.45. The SMILES string of the molecule is CCc1nn(C2CCNC2)cc1Nc1ncc(-c2ccc(CC(=O)Nc3cc(C4(C(F)(F)F)CC4)on3)c(F)c2)cn1. The van der Waals surface area contributed by atoms with Crippen molar-refractivity contribution in [2.24, 2.45) is 0 Å². The van der Waals surface area contributed by atoms with Crippen molar-refractivity contribution in [1.29, 1.82) is 0 Å². The predicted molar refractivity (Wildman–Crippen MR) is 145 cm³/mol. The van der Waals surface area contributed by atoms with E-state index in [-0.39, 0.29) is 36.4 Å². The summed E-state index contributed by atoms with van der Waals surface area (Å²) in [7, 11) is 0. The van der Waals surface area contributed by atoms with Crippen LogP contribution in [-0.2, 0) is 23.1 Å². The Morgan fingerprint density at radius 3 is 2.62 bits per heavy atom. The molecule has 1 saturated carbocycles. The lowest BCUT2D eigenvalue weighted by atomic mass is 10.0. The minimum Gasteiger partial charge on any atom is -0.358 e. The summed E-state index contributed by atoms with van der Waals surface area (Å²) in [6.07, 6.45) is 1.88. The number of aromatic nitrogens is 5. The molecule has 1 aromatic carbocycles. The Kier molecular flexibility index (Phi) is 7.17. The molecule has 2 aliphatic rings. The Morgan fingerprint density at radius 1 is 1.19 bits per heavy atom. The van der Waals surface area contributed by atoms with Crippen LogP contribution in [0, 0.1) is 5.82 Å². The van der Waals surface area contributed by atoms with E-state index in [0.29, 0.717) is 23.1 Å². The molecule has 2 fully saturated rings. The van der Waals surface area contributed by atoms with Gasteiger partial charge in [0.25, 0.3) is 0 Å². The molecule has 6 rings (SSSR count). The molecule has 42 heavy (non-hydrogen) atoms. The minimum atomic E-state index is -4.46. The third-order valence-corrected chi connectivity index (χ3v) is 7.73. The Morgan fingerprint density at radius 2 is 1.98 bits per heavy atom. The van der Waals surface area contributed by atoms with Crippen LogP contribution in [0.25, 0.3) is 11.1 Å². The van der Waals surface area contributed by atoms with Crippen molar-refractivity contribution in [3.8, 4) is 11.1 Å². The number of hydrogen-bond donors (Lipinski definition) is 3. The summed E-state index contributed by atoms with van der Waals surface area (Å²) in [6, 6.07) is 5.76. The fraction of sp³-hybridized carbons (Fsp3) is 0.393. The Hall–Kier alpha value is -4.33. The number of aryl methyl sites for hydroxylation is 1. The van der Waals surface area contributed by atoms with Gasteiger partial charge < -0.3 is 20.5 Å². The van der Waals surface area contributed by atoms with Gasteiger partial charge in [0.1, 0.15) is 11.2 Å². The van der Waals surface area contributed by atoms with Gasteiger partial charge in [-0.3, -0.25) is 9.48 Å². The summed E-state index contributed by atoms with van der Waals surface area (Å²) in [5, 5.41) is 17.2. The van der Waals surface area contributed by atoms with Gasteiger partial charge in [-0.05, 0) is 49.4 Å². The number of halogens is 4. The molecular weight excluding hydrogens is 556 g/mol. The number of hydrogen-bond acceptors (Lipinski definition) is 8. The molecule has 1 aliphatic heterocycles. The van der Waals surface area contributed by atoms with Crippen molar-refractivity contribution >= 4 is 23.4 Å². The first-order valence-electron chi connectivity index (χ1n) is 13.7. The van der Waals surface area contributed by atoms with Crippen LogP contribution in [0.2, 0.25) is 0 Å². The molecule has 0 bridgehead atoms. The van der Waals surface area contributed by atoms with Gasteiger partial charge >= 0.3 is 6.18 Å². The van der Waals surface area contributed by atoms with Gasteiger partial charge in [-0.15, -0.1) is 0 Å². The highest BCUT2D eigenvalue weighted by Gasteiger charge is 2.66. The summed E-state index contributed by atoms with van der Waals surface area (Å²) in [5.41, 5.74) is 0.898. The molecule has 220 valence electrons. The second-order valence-corrected chi connectivity index (χ2v) is 10.6. The van der Waals surface area contributed by atoms with Crippen molar-refractivity contribution in [3.05, 3.63) is 65.7 Å². The number of benzene rings is 1. The lowest BCUT2D eigenvalue weighted by molar-refractivity contribution is -0.165. The molecule has 14 heteroatoms. The fourth-order valence-corrected chi connectivity index (χ4v) is 5.09. The van der Waals surface area contributed by atoms with Gasteiger partial charge in [0.05, 0.1) is 23.8 Å². The molecule has 0 spiro atoms. The van der Waals surface area contributed by atoms with E-state index in [1.54, 1.807) is 18.5 Å². The van der Waals surface area contributed by atoms with Crippen LogP contribution in [0.1, 0.15) is 49.2 Å². The van der Waals surface area contributed by atoms with Crippen LogP contribution in [0.15, 0.2) is 47.4 Å². The third-order valence-electron chi connectivity index (χ3n) is 7.73. The Balaban J connectivity index is 1.08. The van der Waals surface area contributed by atoms with Crippen LogP contribution in [0.3, 0.4) is 0 Å². The molecule has 3 aromatic heterocycles. The van der Waals surface area contributed by atoms with Gasteiger partial charge in [0.15, 0.2) is 11.6 Å². The number of carbonyl (C=O) groups is 1. The average Bonchev–Trinajstić information content (AvgIpc) is 3.28. The van der Waals surface area contributed by atoms with Crippen LogP contribution in [-0.4, -0.2) is 50.1 Å². The number of amides is 1. The van der Waals surface area contributed by atoms with Crippen molar-refractivity contribution in [2.45, 2.75) is 56.7 Å². The van der Waals surface area contributed by atoms with Crippen LogP contribution in [0.5, 0.6) is 0 Å². The lowest BCUT2D eigenvalue weighted by Gasteiger charge is -2.14. The molecule has 4 heterocycles. The number of rotatable bonds is 9. The first-order chi connectivity index (χ1) is 20.1. The van der Waals surface area contributed by atoms with Crippen LogP contribution >= 0.6 is 0 Å². The van der Waals surface area contributed by atoms with E-state index in [1.807, 2.05) is 17.8 Å². The second-order valence-electron chi connectivity index (χ2n) is 10.6. The second kappa shape index (κ2) is 10.8. The molecule has 1 atom stereocenters. The summed E-state index contributed by atoms with van der Waals surface area (Å²) < 4.78 is 61.6. The highest BCUT2D eigenvalue weighted by Crippen LogP contribution is 2.59. The maximum atomic E-state index is 14.9. The first kappa shape index (κ1) is 27.8. The van der Waals surface area contributed by atoms with E-state index in [2.05, 4.69) is 31.1 Å². The van der Waals surface area contributed by atoms with E-state index in [4.69, 9.17) is 9.62 Å². The molecule has 10 nitrogen and oxygen atoms in total. The topological polar surface area (TPSA) is 123 Å². The van der Waals surface area contributed by atoms with E-state index in [0.717, 1.165) is 43.4 Å². The highest BCUT2D eigenvalue weighted by atomic mass is 19.4. The zero-order valence-electron chi connectivity index (χ0n) is 22.6. The summed E-state index contributed by atoms with van der Waals surface area (Å²) in [6.45, 7) is 3.87. The van der Waals surface area contributed by atoms with E-state index >= 15 is 0 Å². The highest BCUT2D eigenvalue weighted by molar-refractivity contribution is 5.91. The summed E-state index contributed by atoms with van der Waals surface area (Å²) in [5.74, 6) is -1.38.